The van der Waals surface area contributed by atoms with Crippen LogP contribution in [-0.2, 0) is 13.6 Å². The maximum Gasteiger partial charge on any atom is 0.441 e. The van der Waals surface area contributed by atoms with Crippen LogP contribution in [0.1, 0.15) is 12.8 Å². The van der Waals surface area contributed by atoms with Gasteiger partial charge in [-0.05, 0) is 13.0 Å². The molecule has 3 rings (SSSR count). The monoisotopic (exact) mass is 314 g/mol. The second-order valence-corrected chi connectivity index (χ2v) is 4.92. The van der Waals surface area contributed by atoms with Crippen LogP contribution in [0.4, 0.5) is 0 Å². The predicted octanol–water partition coefficient (Wildman–Crippen LogP) is 0.375. The lowest BCUT2D eigenvalue weighted by atomic mass is 10.4. The van der Waals surface area contributed by atoms with Gasteiger partial charge in [-0.3, -0.25) is 9.36 Å². The van der Waals surface area contributed by atoms with E-state index in [2.05, 4.69) is 21.6 Å². The quantitative estimate of drug-likeness (QED) is 0.645. The van der Waals surface area contributed by atoms with Crippen molar-refractivity contribution in [2.45, 2.75) is 13.5 Å². The summed E-state index contributed by atoms with van der Waals surface area (Å²) in [4.78, 5) is 32.3. The number of hydrogen-bond donors (Lipinski definition) is 0. The molecular formula is C14H14N6O3. The van der Waals surface area contributed by atoms with Crippen molar-refractivity contribution in [3.63, 3.8) is 0 Å². The molecule has 0 spiro atoms. The zero-order chi connectivity index (χ0) is 16.6. The summed E-state index contributed by atoms with van der Waals surface area (Å²) in [5, 5.41) is 4.07. The normalized spacial score (nSPS) is 12.0. The number of fused-ring (bicyclic) bond motifs is 1. The van der Waals surface area contributed by atoms with Gasteiger partial charge in [0.15, 0.2) is 11.2 Å². The van der Waals surface area contributed by atoms with Gasteiger partial charge in [0.05, 0.1) is 6.33 Å². The molecule has 0 aliphatic heterocycles. The van der Waals surface area contributed by atoms with Crippen molar-refractivity contribution >= 4 is 16.9 Å². The Morgan fingerprint density at radius 1 is 1.35 bits per heavy atom. The predicted molar refractivity (Wildman–Crippen MR) is 82.8 cm³/mol. The molecule has 0 aromatic carbocycles. The highest BCUT2D eigenvalue weighted by Crippen LogP contribution is 2.04. The second kappa shape index (κ2) is 5.52. The van der Waals surface area contributed by atoms with E-state index < -0.39 is 5.76 Å². The third kappa shape index (κ3) is 2.52. The van der Waals surface area contributed by atoms with Gasteiger partial charge in [-0.1, -0.05) is 12.7 Å². The smallest absolute Gasteiger partial charge is 0.390 e. The zero-order valence-electron chi connectivity index (χ0n) is 12.6. The van der Waals surface area contributed by atoms with Gasteiger partial charge in [0.2, 0.25) is 5.89 Å². The number of nitrogens with zero attached hydrogens (tertiary/aromatic N) is 6. The molecule has 0 atom stereocenters. The van der Waals surface area contributed by atoms with E-state index in [1.165, 1.54) is 17.2 Å². The molecule has 0 saturated carbocycles. The van der Waals surface area contributed by atoms with Crippen molar-refractivity contribution in [2.75, 3.05) is 0 Å². The van der Waals surface area contributed by atoms with E-state index in [-0.39, 0.29) is 18.0 Å². The number of allylic oxidation sites excluding steroid dienone is 3. The van der Waals surface area contributed by atoms with E-state index in [0.29, 0.717) is 16.9 Å². The van der Waals surface area contributed by atoms with Crippen LogP contribution in [0.3, 0.4) is 0 Å². The molecule has 0 saturated heterocycles. The van der Waals surface area contributed by atoms with E-state index in [1.54, 1.807) is 30.7 Å². The molecule has 9 nitrogen and oxygen atoms in total. The Hall–Kier alpha value is -3.23. The van der Waals surface area contributed by atoms with Crippen LogP contribution in [0, 0.1) is 0 Å². The highest BCUT2D eigenvalue weighted by molar-refractivity contribution is 5.68. The third-order valence-electron chi connectivity index (χ3n) is 3.29. The highest BCUT2D eigenvalue weighted by Gasteiger charge is 2.13. The number of aromatic nitrogens is 6. The lowest BCUT2D eigenvalue weighted by molar-refractivity contribution is 0.443. The van der Waals surface area contributed by atoms with Gasteiger partial charge < -0.3 is 8.98 Å². The first-order chi connectivity index (χ1) is 11.0. The summed E-state index contributed by atoms with van der Waals surface area (Å²) in [5.41, 5.74) is 1.01. The fourth-order valence-corrected chi connectivity index (χ4v) is 2.17. The molecule has 3 heterocycles. The van der Waals surface area contributed by atoms with E-state index in [9.17, 15) is 9.59 Å². The zero-order valence-corrected chi connectivity index (χ0v) is 12.6. The van der Waals surface area contributed by atoms with Crippen LogP contribution >= 0.6 is 0 Å². The van der Waals surface area contributed by atoms with E-state index in [1.807, 2.05) is 0 Å². The first-order valence-corrected chi connectivity index (χ1v) is 6.76. The van der Waals surface area contributed by atoms with Gasteiger partial charge in [-0.25, -0.2) is 14.8 Å². The Bertz CT molecular complexity index is 1030. The third-order valence-corrected chi connectivity index (χ3v) is 3.29. The van der Waals surface area contributed by atoms with Gasteiger partial charge in [0.25, 0.3) is 5.56 Å². The lowest BCUT2D eigenvalue weighted by Gasteiger charge is -2.02. The Morgan fingerprint density at radius 3 is 2.83 bits per heavy atom. The molecule has 0 aliphatic carbocycles. The fraction of sp³-hybridized carbons (Fsp3) is 0.214. The number of hydrogen-bond acceptors (Lipinski definition) is 6. The van der Waals surface area contributed by atoms with Gasteiger partial charge in [0, 0.05) is 12.7 Å². The Labute approximate surface area is 129 Å². The topological polar surface area (TPSA) is 101 Å². The van der Waals surface area contributed by atoms with Crippen molar-refractivity contribution in [3.8, 4) is 0 Å². The minimum Gasteiger partial charge on any atom is -0.390 e. The molecule has 9 heteroatoms. The Balaban J connectivity index is 2.02. The molecule has 0 aliphatic rings. The van der Waals surface area contributed by atoms with Crippen LogP contribution < -0.4 is 11.3 Å². The molecule has 118 valence electrons. The standard InChI is InChI=1S/C14H14N6O3/c1-4-5-9(2)20-14(22)23-10(17-20)6-19-8-16-12-11(13(19)21)18(3)7-15-12/h4-5,7-8H,1,6H2,2-3H3/b9-5-. The first kappa shape index (κ1) is 14.7. The van der Waals surface area contributed by atoms with Crippen molar-refractivity contribution in [3.05, 3.63) is 58.2 Å². The molecule has 0 bridgehead atoms. The van der Waals surface area contributed by atoms with Crippen molar-refractivity contribution < 1.29 is 4.42 Å². The van der Waals surface area contributed by atoms with Gasteiger partial charge >= 0.3 is 5.76 Å². The lowest BCUT2D eigenvalue weighted by Crippen LogP contribution is -2.22. The summed E-state index contributed by atoms with van der Waals surface area (Å²) in [6.07, 6.45) is 6.04. The Morgan fingerprint density at radius 2 is 2.09 bits per heavy atom. The number of imidazole rings is 1. The number of aryl methyl sites for hydroxylation is 1. The largest absolute Gasteiger partial charge is 0.441 e. The molecular weight excluding hydrogens is 300 g/mol. The molecule has 3 aromatic heterocycles. The molecule has 23 heavy (non-hydrogen) atoms. The fourth-order valence-electron chi connectivity index (χ4n) is 2.17. The van der Waals surface area contributed by atoms with Gasteiger partial charge in [0.1, 0.15) is 12.9 Å². The van der Waals surface area contributed by atoms with Crippen LogP contribution in [0.25, 0.3) is 16.9 Å². The molecule has 3 aromatic rings. The van der Waals surface area contributed by atoms with Crippen LogP contribution in [0.5, 0.6) is 0 Å². The van der Waals surface area contributed by atoms with Crippen LogP contribution in [0.15, 0.2) is 45.4 Å². The summed E-state index contributed by atoms with van der Waals surface area (Å²) >= 11 is 0. The second-order valence-electron chi connectivity index (χ2n) is 4.92. The average molecular weight is 314 g/mol. The summed E-state index contributed by atoms with van der Waals surface area (Å²) in [6, 6.07) is 0. The summed E-state index contributed by atoms with van der Waals surface area (Å²) in [7, 11) is 1.71. The molecule has 0 unspecified atom stereocenters. The minimum absolute atomic E-state index is 0.00341. The molecule has 0 radical (unpaired) electrons. The maximum absolute atomic E-state index is 12.4. The summed E-state index contributed by atoms with van der Waals surface area (Å²) in [6.45, 7) is 5.26. The van der Waals surface area contributed by atoms with Crippen molar-refractivity contribution in [1.82, 2.24) is 28.9 Å². The average Bonchev–Trinajstić information content (AvgIpc) is 3.06. The van der Waals surface area contributed by atoms with Gasteiger partial charge in [-0.2, -0.15) is 4.68 Å². The van der Waals surface area contributed by atoms with Crippen molar-refractivity contribution in [2.24, 2.45) is 7.05 Å². The van der Waals surface area contributed by atoms with Crippen LogP contribution in [0.2, 0.25) is 0 Å². The summed E-state index contributed by atoms with van der Waals surface area (Å²) < 4.78 is 9.09. The maximum atomic E-state index is 12.4. The minimum atomic E-state index is -0.627. The van der Waals surface area contributed by atoms with E-state index >= 15 is 0 Å². The van der Waals surface area contributed by atoms with Crippen LogP contribution in [-0.4, -0.2) is 28.9 Å². The first-order valence-electron chi connectivity index (χ1n) is 6.76. The highest BCUT2D eigenvalue weighted by atomic mass is 16.4. The number of rotatable bonds is 4. The SMILES string of the molecule is C=C/C=C(/C)n1nc(Cn2cnc3ncn(C)c3c2=O)oc1=O. The van der Waals surface area contributed by atoms with E-state index in [0.717, 1.165) is 4.68 Å². The molecule has 0 N–H and O–H groups in total. The van der Waals surface area contributed by atoms with E-state index in [4.69, 9.17) is 4.42 Å². The molecule has 0 amide bonds. The van der Waals surface area contributed by atoms with Crippen molar-refractivity contribution in [1.29, 1.82) is 0 Å². The summed E-state index contributed by atoms with van der Waals surface area (Å²) in [5.74, 6) is -0.518. The Kier molecular flexibility index (Phi) is 3.53. The van der Waals surface area contributed by atoms with Gasteiger partial charge in [-0.15, -0.1) is 5.10 Å². The molecule has 0 fully saturated rings.